The SMILES string of the molecule is CN(CC1CCN(c2ncnc3scc(-c4ccccc4)c23)CC1)CC1CCCN1. The summed E-state index contributed by atoms with van der Waals surface area (Å²) in [6.45, 7) is 5.74. The van der Waals surface area contributed by atoms with E-state index in [1.54, 1.807) is 17.7 Å². The Kier molecular flexibility index (Phi) is 5.97. The fourth-order valence-corrected chi connectivity index (χ4v) is 5.97. The quantitative estimate of drug-likeness (QED) is 0.644. The molecule has 6 heteroatoms. The molecule has 4 heterocycles. The first-order chi connectivity index (χ1) is 14.8. The molecule has 158 valence electrons. The summed E-state index contributed by atoms with van der Waals surface area (Å²) >= 11 is 1.72. The number of likely N-dealkylation sites (N-methyl/N-ethyl adjacent to an activating group) is 1. The van der Waals surface area contributed by atoms with Gasteiger partial charge in [0.2, 0.25) is 0 Å². The Balaban J connectivity index is 1.27. The maximum absolute atomic E-state index is 4.75. The van der Waals surface area contributed by atoms with Gasteiger partial charge in [-0.2, -0.15) is 0 Å². The number of hydrogen-bond donors (Lipinski definition) is 1. The van der Waals surface area contributed by atoms with E-state index in [0.717, 1.165) is 29.7 Å². The van der Waals surface area contributed by atoms with E-state index in [9.17, 15) is 0 Å². The van der Waals surface area contributed by atoms with Gasteiger partial charge in [0.15, 0.2) is 0 Å². The van der Waals surface area contributed by atoms with Gasteiger partial charge in [0, 0.05) is 43.2 Å². The van der Waals surface area contributed by atoms with Gasteiger partial charge in [-0.15, -0.1) is 11.3 Å². The van der Waals surface area contributed by atoms with E-state index in [1.807, 2.05) is 0 Å². The minimum Gasteiger partial charge on any atom is -0.356 e. The summed E-state index contributed by atoms with van der Waals surface area (Å²) in [7, 11) is 2.29. The van der Waals surface area contributed by atoms with Crippen molar-refractivity contribution in [3.8, 4) is 11.1 Å². The number of nitrogens with zero attached hydrogens (tertiary/aromatic N) is 4. The molecule has 30 heavy (non-hydrogen) atoms. The highest BCUT2D eigenvalue weighted by molar-refractivity contribution is 7.17. The maximum Gasteiger partial charge on any atom is 0.141 e. The zero-order valence-electron chi connectivity index (χ0n) is 17.8. The molecule has 1 atom stereocenters. The van der Waals surface area contributed by atoms with Gasteiger partial charge in [-0.3, -0.25) is 0 Å². The van der Waals surface area contributed by atoms with E-state index in [2.05, 4.69) is 62.9 Å². The summed E-state index contributed by atoms with van der Waals surface area (Å²) in [6.07, 6.45) is 6.86. The summed E-state index contributed by atoms with van der Waals surface area (Å²) in [5, 5.41) is 7.08. The lowest BCUT2D eigenvalue weighted by atomic mass is 9.95. The normalized spacial score (nSPS) is 20.5. The van der Waals surface area contributed by atoms with Crippen molar-refractivity contribution in [2.45, 2.75) is 31.7 Å². The van der Waals surface area contributed by atoms with Crippen molar-refractivity contribution in [2.75, 3.05) is 44.7 Å². The average Bonchev–Trinajstić information content (AvgIpc) is 3.44. The molecule has 2 aromatic heterocycles. The lowest BCUT2D eigenvalue weighted by Crippen LogP contribution is -2.41. The molecule has 0 radical (unpaired) electrons. The number of thiophene rings is 1. The van der Waals surface area contributed by atoms with Gasteiger partial charge < -0.3 is 15.1 Å². The molecule has 5 rings (SSSR count). The fourth-order valence-electron chi connectivity index (χ4n) is 5.06. The number of benzene rings is 1. The molecule has 0 amide bonds. The van der Waals surface area contributed by atoms with Gasteiger partial charge in [-0.1, -0.05) is 30.3 Å². The van der Waals surface area contributed by atoms with E-state index in [0.29, 0.717) is 6.04 Å². The zero-order valence-corrected chi connectivity index (χ0v) is 18.6. The molecule has 0 saturated carbocycles. The second-order valence-electron chi connectivity index (χ2n) is 8.84. The predicted octanol–water partition coefficient (Wildman–Crippen LogP) is 4.26. The molecule has 5 nitrogen and oxygen atoms in total. The van der Waals surface area contributed by atoms with Crippen LogP contribution in [0.5, 0.6) is 0 Å². The third-order valence-electron chi connectivity index (χ3n) is 6.61. The van der Waals surface area contributed by atoms with Crippen molar-refractivity contribution in [3.63, 3.8) is 0 Å². The van der Waals surface area contributed by atoms with Crippen LogP contribution in [-0.2, 0) is 0 Å². The number of hydrogen-bond acceptors (Lipinski definition) is 6. The summed E-state index contributed by atoms with van der Waals surface area (Å²) < 4.78 is 0. The number of piperidine rings is 1. The average molecular weight is 422 g/mol. The number of fused-ring (bicyclic) bond motifs is 1. The van der Waals surface area contributed by atoms with Crippen LogP contribution in [0.1, 0.15) is 25.7 Å². The third kappa shape index (κ3) is 4.22. The van der Waals surface area contributed by atoms with Crippen LogP contribution in [0, 0.1) is 5.92 Å². The molecule has 2 aliphatic rings. The highest BCUT2D eigenvalue weighted by atomic mass is 32.1. The molecule has 1 N–H and O–H groups in total. The maximum atomic E-state index is 4.75. The monoisotopic (exact) mass is 421 g/mol. The molecule has 0 bridgehead atoms. The predicted molar refractivity (Wildman–Crippen MR) is 126 cm³/mol. The van der Waals surface area contributed by atoms with Gasteiger partial charge in [-0.25, -0.2) is 9.97 Å². The standard InChI is InChI=1S/C24H31N5S/c1-28(15-20-8-5-11-25-20)14-18-9-12-29(13-10-18)23-22-21(19-6-3-2-4-7-19)16-30-24(22)27-17-26-23/h2-4,6-7,16-18,20,25H,5,8-15H2,1H3. The van der Waals surface area contributed by atoms with Crippen LogP contribution in [0.15, 0.2) is 42.0 Å². The highest BCUT2D eigenvalue weighted by Crippen LogP contribution is 2.38. The van der Waals surface area contributed by atoms with Crippen LogP contribution >= 0.6 is 11.3 Å². The van der Waals surface area contributed by atoms with E-state index in [1.165, 1.54) is 61.8 Å². The van der Waals surface area contributed by atoms with Crippen molar-refractivity contribution in [3.05, 3.63) is 42.0 Å². The first-order valence-electron chi connectivity index (χ1n) is 11.2. The Morgan fingerprint density at radius 3 is 2.70 bits per heavy atom. The molecule has 2 fully saturated rings. The summed E-state index contributed by atoms with van der Waals surface area (Å²) in [6, 6.07) is 11.3. The van der Waals surface area contributed by atoms with Crippen LogP contribution in [0.2, 0.25) is 0 Å². The van der Waals surface area contributed by atoms with Crippen LogP contribution < -0.4 is 10.2 Å². The molecular weight excluding hydrogens is 390 g/mol. The van der Waals surface area contributed by atoms with Crippen LogP contribution in [0.25, 0.3) is 21.3 Å². The number of aromatic nitrogens is 2. The van der Waals surface area contributed by atoms with E-state index in [-0.39, 0.29) is 0 Å². The Morgan fingerprint density at radius 1 is 1.10 bits per heavy atom. The largest absolute Gasteiger partial charge is 0.356 e. The first kappa shape index (κ1) is 19.9. The highest BCUT2D eigenvalue weighted by Gasteiger charge is 2.25. The smallest absolute Gasteiger partial charge is 0.141 e. The van der Waals surface area contributed by atoms with Crippen LogP contribution in [0.3, 0.4) is 0 Å². The fraction of sp³-hybridized carbons (Fsp3) is 0.500. The molecule has 2 saturated heterocycles. The minimum atomic E-state index is 0.694. The van der Waals surface area contributed by atoms with Crippen LogP contribution in [-0.4, -0.2) is 60.7 Å². The number of anilines is 1. The van der Waals surface area contributed by atoms with Gasteiger partial charge in [0.25, 0.3) is 0 Å². The van der Waals surface area contributed by atoms with Crippen molar-refractivity contribution >= 4 is 27.4 Å². The summed E-state index contributed by atoms with van der Waals surface area (Å²) in [5.74, 6) is 1.89. The van der Waals surface area contributed by atoms with Crippen molar-refractivity contribution in [1.82, 2.24) is 20.2 Å². The molecule has 3 aromatic rings. The molecular formula is C24H31N5S. The van der Waals surface area contributed by atoms with E-state index < -0.39 is 0 Å². The van der Waals surface area contributed by atoms with Crippen molar-refractivity contribution in [2.24, 2.45) is 5.92 Å². The lowest BCUT2D eigenvalue weighted by molar-refractivity contribution is 0.232. The zero-order chi connectivity index (χ0) is 20.3. The van der Waals surface area contributed by atoms with Gasteiger partial charge in [0.1, 0.15) is 17.0 Å². The summed E-state index contributed by atoms with van der Waals surface area (Å²) in [5.41, 5.74) is 2.51. The summed E-state index contributed by atoms with van der Waals surface area (Å²) in [4.78, 5) is 15.4. The lowest BCUT2D eigenvalue weighted by Gasteiger charge is -2.35. The molecule has 0 aliphatic carbocycles. The van der Waals surface area contributed by atoms with Crippen molar-refractivity contribution in [1.29, 1.82) is 0 Å². The van der Waals surface area contributed by atoms with E-state index in [4.69, 9.17) is 4.98 Å². The number of nitrogens with one attached hydrogen (secondary N) is 1. The Labute approximate surface area is 183 Å². The molecule has 1 unspecified atom stereocenters. The van der Waals surface area contributed by atoms with Gasteiger partial charge >= 0.3 is 0 Å². The molecule has 0 spiro atoms. The Morgan fingerprint density at radius 2 is 1.93 bits per heavy atom. The van der Waals surface area contributed by atoms with Gasteiger partial charge in [-0.05, 0) is 50.8 Å². The second kappa shape index (κ2) is 9.00. The number of rotatable bonds is 6. The first-order valence-corrected chi connectivity index (χ1v) is 12.1. The van der Waals surface area contributed by atoms with E-state index >= 15 is 0 Å². The topological polar surface area (TPSA) is 44.3 Å². The second-order valence-corrected chi connectivity index (χ2v) is 9.70. The molecule has 2 aliphatic heterocycles. The third-order valence-corrected chi connectivity index (χ3v) is 7.50. The Hall–Kier alpha value is -2.02. The van der Waals surface area contributed by atoms with Crippen LogP contribution in [0.4, 0.5) is 5.82 Å². The molecule has 1 aromatic carbocycles. The van der Waals surface area contributed by atoms with Crippen molar-refractivity contribution < 1.29 is 0 Å². The van der Waals surface area contributed by atoms with Gasteiger partial charge in [0.05, 0.1) is 5.39 Å². The Bertz CT molecular complexity index is 958. The minimum absolute atomic E-state index is 0.694.